The summed E-state index contributed by atoms with van der Waals surface area (Å²) >= 11 is 6.22. The highest BCUT2D eigenvalue weighted by molar-refractivity contribution is 6.33. The first-order valence-corrected chi connectivity index (χ1v) is 8.55. The van der Waals surface area contributed by atoms with Crippen molar-refractivity contribution in [2.24, 2.45) is 11.8 Å². The summed E-state index contributed by atoms with van der Waals surface area (Å²) in [7, 11) is 0. The van der Waals surface area contributed by atoms with E-state index in [2.05, 4.69) is 17.3 Å². The quantitative estimate of drug-likeness (QED) is 0.863. The molecular weight excluding hydrogens is 286 g/mol. The van der Waals surface area contributed by atoms with Crippen molar-refractivity contribution in [3.8, 4) is 0 Å². The van der Waals surface area contributed by atoms with Gasteiger partial charge in [-0.1, -0.05) is 37.8 Å². The molecule has 0 spiro atoms. The largest absolute Gasteiger partial charge is 0.376 e. The molecule has 1 N–H and O–H groups in total. The maximum absolute atomic E-state index is 12.6. The summed E-state index contributed by atoms with van der Waals surface area (Å²) in [6, 6.07) is 0.342. The average molecular weight is 310 g/mol. The van der Waals surface area contributed by atoms with Gasteiger partial charge in [-0.15, -0.1) is 0 Å². The van der Waals surface area contributed by atoms with E-state index in [4.69, 9.17) is 11.6 Å². The van der Waals surface area contributed by atoms with E-state index in [1.807, 2.05) is 0 Å². The summed E-state index contributed by atoms with van der Waals surface area (Å²) in [6.07, 6.45) is 10.2. The smallest absolute Gasteiger partial charge is 0.291 e. The summed E-state index contributed by atoms with van der Waals surface area (Å²) in [6.45, 7) is 2.99. The lowest BCUT2D eigenvalue weighted by molar-refractivity contribution is 0.454. The molecule has 2 aliphatic carbocycles. The number of aromatic nitrogens is 2. The molecule has 2 atom stereocenters. The van der Waals surface area contributed by atoms with E-state index in [0.29, 0.717) is 28.6 Å². The van der Waals surface area contributed by atoms with Crippen LogP contribution >= 0.6 is 11.6 Å². The molecule has 21 heavy (non-hydrogen) atoms. The number of halogens is 1. The molecule has 2 unspecified atom stereocenters. The van der Waals surface area contributed by atoms with Crippen molar-refractivity contribution in [3.05, 3.63) is 21.6 Å². The molecule has 1 aromatic heterocycles. The number of hydrogen-bond donors (Lipinski definition) is 1. The van der Waals surface area contributed by atoms with Gasteiger partial charge >= 0.3 is 0 Å². The lowest BCUT2D eigenvalue weighted by Gasteiger charge is -2.24. The van der Waals surface area contributed by atoms with Gasteiger partial charge in [0.15, 0.2) is 0 Å². The predicted octanol–water partition coefficient (Wildman–Crippen LogP) is 3.69. The van der Waals surface area contributed by atoms with E-state index in [1.54, 1.807) is 10.9 Å². The zero-order valence-electron chi connectivity index (χ0n) is 12.6. The van der Waals surface area contributed by atoms with Crippen LogP contribution in [-0.2, 0) is 6.54 Å². The van der Waals surface area contributed by atoms with Crippen molar-refractivity contribution in [3.63, 3.8) is 0 Å². The molecular formula is C16H24ClN3O. The Morgan fingerprint density at radius 3 is 2.81 bits per heavy atom. The molecule has 0 saturated heterocycles. The summed E-state index contributed by atoms with van der Waals surface area (Å²) in [5, 5.41) is 8.07. The van der Waals surface area contributed by atoms with E-state index < -0.39 is 0 Å². The Morgan fingerprint density at radius 1 is 1.29 bits per heavy atom. The summed E-state index contributed by atoms with van der Waals surface area (Å²) in [5.41, 5.74) is 0.483. The molecule has 2 fully saturated rings. The van der Waals surface area contributed by atoms with Gasteiger partial charge in [0, 0.05) is 12.6 Å². The normalized spacial score (nSPS) is 26.4. The fourth-order valence-corrected chi connectivity index (χ4v) is 3.35. The first-order valence-electron chi connectivity index (χ1n) is 8.17. The summed E-state index contributed by atoms with van der Waals surface area (Å²) in [5.74, 6) is 1.20. The third kappa shape index (κ3) is 3.60. The Bertz CT molecular complexity index is 553. The Hall–Kier alpha value is -1.03. The summed E-state index contributed by atoms with van der Waals surface area (Å²) in [4.78, 5) is 12.6. The number of rotatable bonds is 4. The highest BCUT2D eigenvalue weighted by atomic mass is 35.5. The van der Waals surface area contributed by atoms with Crippen LogP contribution < -0.4 is 10.9 Å². The zero-order valence-corrected chi connectivity index (χ0v) is 13.4. The zero-order chi connectivity index (χ0) is 14.8. The van der Waals surface area contributed by atoms with E-state index in [1.165, 1.54) is 38.5 Å². The van der Waals surface area contributed by atoms with Crippen LogP contribution in [0.15, 0.2) is 11.0 Å². The van der Waals surface area contributed by atoms with E-state index in [0.717, 1.165) is 13.0 Å². The van der Waals surface area contributed by atoms with Crippen molar-refractivity contribution >= 4 is 17.3 Å². The third-order valence-electron chi connectivity index (χ3n) is 4.82. The second-order valence-corrected chi connectivity index (χ2v) is 7.07. The maximum Gasteiger partial charge on any atom is 0.291 e. The third-order valence-corrected chi connectivity index (χ3v) is 5.10. The molecule has 0 aliphatic heterocycles. The molecule has 3 rings (SSSR count). The van der Waals surface area contributed by atoms with Gasteiger partial charge in [-0.25, -0.2) is 4.68 Å². The first kappa shape index (κ1) is 14.9. The Morgan fingerprint density at radius 2 is 2.05 bits per heavy atom. The van der Waals surface area contributed by atoms with Crippen LogP contribution in [0, 0.1) is 11.8 Å². The number of nitrogens with zero attached hydrogens (tertiary/aromatic N) is 2. The fraction of sp³-hybridized carbons (Fsp3) is 0.750. The van der Waals surface area contributed by atoms with Crippen LogP contribution in [-0.4, -0.2) is 15.8 Å². The van der Waals surface area contributed by atoms with E-state index >= 15 is 0 Å². The highest BCUT2D eigenvalue weighted by Crippen LogP contribution is 2.30. The van der Waals surface area contributed by atoms with Gasteiger partial charge < -0.3 is 5.32 Å². The van der Waals surface area contributed by atoms with Gasteiger partial charge in [-0.2, -0.15) is 5.10 Å². The lowest BCUT2D eigenvalue weighted by atomic mass is 9.97. The molecule has 116 valence electrons. The number of anilines is 1. The van der Waals surface area contributed by atoms with E-state index in [-0.39, 0.29) is 5.56 Å². The van der Waals surface area contributed by atoms with Gasteiger partial charge in [0.1, 0.15) is 5.69 Å². The van der Waals surface area contributed by atoms with Crippen molar-refractivity contribution in [1.29, 1.82) is 0 Å². The van der Waals surface area contributed by atoms with Crippen molar-refractivity contribution < 1.29 is 0 Å². The van der Waals surface area contributed by atoms with Gasteiger partial charge in [0.05, 0.1) is 11.2 Å². The van der Waals surface area contributed by atoms with Crippen LogP contribution in [0.3, 0.4) is 0 Å². The predicted molar refractivity (Wildman–Crippen MR) is 85.9 cm³/mol. The van der Waals surface area contributed by atoms with Crippen molar-refractivity contribution in [1.82, 2.24) is 9.78 Å². The second kappa shape index (κ2) is 6.39. The molecule has 0 amide bonds. The van der Waals surface area contributed by atoms with Crippen LogP contribution in [0.5, 0.6) is 0 Å². The minimum absolute atomic E-state index is 0.0640. The van der Waals surface area contributed by atoms with Crippen molar-refractivity contribution in [2.45, 2.75) is 64.5 Å². The summed E-state index contributed by atoms with van der Waals surface area (Å²) < 4.78 is 1.58. The van der Waals surface area contributed by atoms with Crippen LogP contribution in [0.25, 0.3) is 0 Å². The minimum Gasteiger partial charge on any atom is -0.376 e. The Balaban J connectivity index is 1.81. The molecule has 0 radical (unpaired) electrons. The molecule has 2 saturated carbocycles. The second-order valence-electron chi connectivity index (χ2n) is 6.66. The van der Waals surface area contributed by atoms with E-state index in [9.17, 15) is 4.79 Å². The maximum atomic E-state index is 12.6. The molecule has 1 aromatic rings. The Labute approximate surface area is 130 Å². The standard InChI is InChI=1S/C16H24ClN3O/c1-11-5-3-2-4-6-14(11)19-15-13(17)9-18-20(16(15)21)10-12-7-8-12/h9,11-12,14,19H,2-8,10H2,1H3. The van der Waals surface area contributed by atoms with Crippen LogP contribution in [0.1, 0.15) is 51.9 Å². The van der Waals surface area contributed by atoms with Gasteiger partial charge in [-0.05, 0) is 37.5 Å². The Kier molecular flexibility index (Phi) is 4.53. The monoisotopic (exact) mass is 309 g/mol. The van der Waals surface area contributed by atoms with Crippen LogP contribution in [0.4, 0.5) is 5.69 Å². The molecule has 0 bridgehead atoms. The number of nitrogens with one attached hydrogen (secondary N) is 1. The number of hydrogen-bond acceptors (Lipinski definition) is 3. The first-order chi connectivity index (χ1) is 10.1. The molecule has 1 heterocycles. The topological polar surface area (TPSA) is 46.9 Å². The van der Waals surface area contributed by atoms with Crippen molar-refractivity contribution in [2.75, 3.05) is 5.32 Å². The highest BCUT2D eigenvalue weighted by Gasteiger charge is 2.25. The molecule has 5 heteroatoms. The molecule has 4 nitrogen and oxygen atoms in total. The fourth-order valence-electron chi connectivity index (χ4n) is 3.17. The minimum atomic E-state index is -0.0640. The van der Waals surface area contributed by atoms with Gasteiger partial charge in [0.25, 0.3) is 5.56 Å². The average Bonchev–Trinajstić information content (AvgIpc) is 3.28. The lowest BCUT2D eigenvalue weighted by Crippen LogP contribution is -2.33. The molecule has 0 aromatic carbocycles. The van der Waals surface area contributed by atoms with Gasteiger partial charge in [0.2, 0.25) is 0 Å². The SMILES string of the molecule is CC1CCCCCC1Nc1c(Cl)cnn(CC2CC2)c1=O. The molecule has 2 aliphatic rings. The van der Waals surface area contributed by atoms with Crippen LogP contribution in [0.2, 0.25) is 5.02 Å². The van der Waals surface area contributed by atoms with Gasteiger partial charge in [-0.3, -0.25) is 4.79 Å².